The number of nitrogens with zero attached hydrogens (tertiary/aromatic N) is 2. The predicted molar refractivity (Wildman–Crippen MR) is 67.3 cm³/mol. The molecule has 1 aromatic heterocycles. The lowest BCUT2D eigenvalue weighted by Crippen LogP contribution is -2.37. The van der Waals surface area contributed by atoms with Crippen LogP contribution in [0.1, 0.15) is 11.3 Å². The van der Waals surface area contributed by atoms with Crippen LogP contribution < -0.4 is 11.2 Å². The molecule has 120 valence electrons. The first-order valence-corrected chi connectivity index (χ1v) is 5.97. The van der Waals surface area contributed by atoms with E-state index in [1.807, 2.05) is 0 Å². The Bertz CT molecular complexity index is 955. The van der Waals surface area contributed by atoms with Crippen molar-refractivity contribution in [2.75, 3.05) is 0 Å². The maximum absolute atomic E-state index is 13.8. The molecule has 0 unspecified atom stereocenters. The second-order valence-electron chi connectivity index (χ2n) is 4.15. The van der Waals surface area contributed by atoms with E-state index < -0.39 is 51.0 Å². The van der Waals surface area contributed by atoms with Crippen molar-refractivity contribution >= 4 is 11.6 Å². The lowest BCUT2D eigenvalue weighted by molar-refractivity contribution is -0.141. The van der Waals surface area contributed by atoms with Gasteiger partial charge in [-0.05, 0) is 6.07 Å². The van der Waals surface area contributed by atoms with Gasteiger partial charge in [0.1, 0.15) is 28.4 Å². The Labute approximate surface area is 128 Å². The summed E-state index contributed by atoms with van der Waals surface area (Å²) in [6.45, 7) is 0. The number of H-pyrrole nitrogens is 1. The topological polar surface area (TPSA) is 78.7 Å². The molecule has 0 amide bonds. The highest BCUT2D eigenvalue weighted by molar-refractivity contribution is 6.31. The summed E-state index contributed by atoms with van der Waals surface area (Å²) < 4.78 is 65.1. The molecule has 0 bridgehead atoms. The molecule has 23 heavy (non-hydrogen) atoms. The fourth-order valence-corrected chi connectivity index (χ4v) is 1.96. The standard InChI is InChI=1S/C12H3ClF5N3O2/c13-8-9(12(16,17)18)20-11(23)21(10(8)22)7-2-5(14)4(3-19)1-6(7)15/h1-2H,(H,20,23). The van der Waals surface area contributed by atoms with Gasteiger partial charge in [-0.3, -0.25) is 4.79 Å². The molecule has 0 saturated carbocycles. The maximum atomic E-state index is 13.8. The number of nitriles is 1. The number of alkyl halides is 3. The second-order valence-corrected chi connectivity index (χ2v) is 4.53. The van der Waals surface area contributed by atoms with Gasteiger partial charge >= 0.3 is 11.9 Å². The van der Waals surface area contributed by atoms with E-state index in [1.165, 1.54) is 11.1 Å². The van der Waals surface area contributed by atoms with E-state index in [1.54, 1.807) is 0 Å². The van der Waals surface area contributed by atoms with E-state index in [2.05, 4.69) is 0 Å². The Kier molecular flexibility index (Phi) is 4.00. The Morgan fingerprint density at radius 2 is 1.78 bits per heavy atom. The van der Waals surface area contributed by atoms with E-state index in [0.717, 1.165) is 0 Å². The molecule has 0 aliphatic heterocycles. The van der Waals surface area contributed by atoms with Gasteiger partial charge in [0, 0.05) is 6.07 Å². The molecule has 0 radical (unpaired) electrons. The number of aromatic nitrogens is 2. The zero-order valence-electron chi connectivity index (χ0n) is 10.6. The Balaban J connectivity index is 2.85. The smallest absolute Gasteiger partial charge is 0.301 e. The van der Waals surface area contributed by atoms with E-state index >= 15 is 0 Å². The third kappa shape index (κ3) is 2.83. The first-order chi connectivity index (χ1) is 10.6. The van der Waals surface area contributed by atoms with Crippen LogP contribution >= 0.6 is 11.6 Å². The van der Waals surface area contributed by atoms with E-state index in [9.17, 15) is 31.5 Å². The van der Waals surface area contributed by atoms with Crippen molar-refractivity contribution in [3.05, 3.63) is 60.9 Å². The highest BCUT2D eigenvalue weighted by atomic mass is 35.5. The first-order valence-electron chi connectivity index (χ1n) is 5.59. The molecule has 0 fully saturated rings. The SMILES string of the molecule is N#Cc1cc(F)c(-n2c(=O)[nH]c(C(F)(F)F)c(Cl)c2=O)cc1F. The molecule has 11 heteroatoms. The number of hydrogen-bond donors (Lipinski definition) is 1. The van der Waals surface area contributed by atoms with E-state index in [0.29, 0.717) is 12.1 Å². The average molecular weight is 352 g/mol. The molecule has 2 rings (SSSR count). The zero-order chi connectivity index (χ0) is 17.5. The molecule has 0 aliphatic rings. The van der Waals surface area contributed by atoms with Crippen LogP contribution in [0.5, 0.6) is 0 Å². The normalized spacial score (nSPS) is 11.3. The van der Waals surface area contributed by atoms with Gasteiger partial charge in [-0.25, -0.2) is 18.1 Å². The van der Waals surface area contributed by atoms with Crippen LogP contribution in [0.4, 0.5) is 22.0 Å². The van der Waals surface area contributed by atoms with Gasteiger partial charge in [0.25, 0.3) is 5.56 Å². The van der Waals surface area contributed by atoms with Crippen molar-refractivity contribution < 1.29 is 22.0 Å². The van der Waals surface area contributed by atoms with Crippen LogP contribution in [0, 0.1) is 23.0 Å². The molecule has 1 aromatic carbocycles. The minimum Gasteiger partial charge on any atom is -0.301 e. The third-order valence-corrected chi connectivity index (χ3v) is 3.08. The van der Waals surface area contributed by atoms with Crippen LogP contribution in [0.15, 0.2) is 21.7 Å². The number of nitrogens with one attached hydrogen (secondary N) is 1. The van der Waals surface area contributed by atoms with Gasteiger partial charge in [0.05, 0.1) is 11.3 Å². The molecule has 1 heterocycles. The van der Waals surface area contributed by atoms with Crippen molar-refractivity contribution in [2.45, 2.75) is 6.18 Å². The molecule has 0 saturated heterocycles. The first kappa shape index (κ1) is 16.7. The quantitative estimate of drug-likeness (QED) is 0.801. The maximum Gasteiger partial charge on any atom is 0.433 e. The fraction of sp³-hybridized carbons (Fsp3) is 0.0833. The lowest BCUT2D eigenvalue weighted by Gasteiger charge is -2.11. The highest BCUT2D eigenvalue weighted by Gasteiger charge is 2.37. The Morgan fingerprint density at radius 3 is 2.30 bits per heavy atom. The van der Waals surface area contributed by atoms with Crippen LogP contribution in [0.3, 0.4) is 0 Å². The van der Waals surface area contributed by atoms with E-state index in [4.69, 9.17) is 16.9 Å². The molecular formula is C12H3ClF5N3O2. The van der Waals surface area contributed by atoms with Gasteiger partial charge in [-0.2, -0.15) is 18.4 Å². The predicted octanol–water partition coefficient (Wildman–Crippen LogP) is 2.35. The van der Waals surface area contributed by atoms with Gasteiger partial charge in [0.15, 0.2) is 0 Å². The van der Waals surface area contributed by atoms with Crippen LogP contribution in [-0.4, -0.2) is 9.55 Å². The molecule has 5 nitrogen and oxygen atoms in total. The Hall–Kier alpha value is -2.67. The fourth-order valence-electron chi connectivity index (χ4n) is 1.72. The Morgan fingerprint density at radius 1 is 1.17 bits per heavy atom. The van der Waals surface area contributed by atoms with Crippen molar-refractivity contribution in [2.24, 2.45) is 0 Å². The van der Waals surface area contributed by atoms with Crippen LogP contribution in [0.25, 0.3) is 5.69 Å². The average Bonchev–Trinajstić information content (AvgIpc) is 2.45. The van der Waals surface area contributed by atoms with Crippen molar-refractivity contribution in [3.8, 4) is 11.8 Å². The summed E-state index contributed by atoms with van der Waals surface area (Å²) in [6, 6.07) is 2.04. The van der Waals surface area contributed by atoms with Gasteiger partial charge < -0.3 is 4.98 Å². The summed E-state index contributed by atoms with van der Waals surface area (Å²) in [4.78, 5) is 24.8. The monoisotopic (exact) mass is 351 g/mol. The van der Waals surface area contributed by atoms with Crippen LogP contribution in [-0.2, 0) is 6.18 Å². The molecule has 2 aromatic rings. The second kappa shape index (κ2) is 5.51. The third-order valence-electron chi connectivity index (χ3n) is 2.73. The number of aromatic amines is 1. The minimum atomic E-state index is -5.12. The van der Waals surface area contributed by atoms with Gasteiger partial charge in [0.2, 0.25) is 0 Å². The van der Waals surface area contributed by atoms with Crippen molar-refractivity contribution in [3.63, 3.8) is 0 Å². The zero-order valence-corrected chi connectivity index (χ0v) is 11.4. The summed E-state index contributed by atoms with van der Waals surface area (Å²) in [5.74, 6) is -2.64. The lowest BCUT2D eigenvalue weighted by atomic mass is 10.2. The molecular weight excluding hydrogens is 349 g/mol. The summed E-state index contributed by atoms with van der Waals surface area (Å²) >= 11 is 5.26. The molecule has 1 N–H and O–H groups in total. The molecule has 0 spiro atoms. The van der Waals surface area contributed by atoms with Crippen molar-refractivity contribution in [1.29, 1.82) is 5.26 Å². The molecule has 0 atom stereocenters. The number of halogens is 6. The number of rotatable bonds is 1. The van der Waals surface area contributed by atoms with Gasteiger partial charge in [-0.15, -0.1) is 0 Å². The summed E-state index contributed by atoms with van der Waals surface area (Å²) in [5, 5.41) is 7.13. The van der Waals surface area contributed by atoms with Crippen molar-refractivity contribution in [1.82, 2.24) is 9.55 Å². The highest BCUT2D eigenvalue weighted by Crippen LogP contribution is 2.30. The van der Waals surface area contributed by atoms with Gasteiger partial charge in [-0.1, -0.05) is 11.6 Å². The summed E-state index contributed by atoms with van der Waals surface area (Å²) in [7, 11) is 0. The number of hydrogen-bond acceptors (Lipinski definition) is 3. The van der Waals surface area contributed by atoms with E-state index in [-0.39, 0.29) is 4.57 Å². The largest absolute Gasteiger partial charge is 0.433 e. The minimum absolute atomic E-state index is 0.100. The number of benzene rings is 1. The summed E-state index contributed by atoms with van der Waals surface area (Å²) in [6.07, 6.45) is -5.12. The molecule has 0 aliphatic carbocycles. The van der Waals surface area contributed by atoms with Crippen LogP contribution in [0.2, 0.25) is 5.02 Å². The summed E-state index contributed by atoms with van der Waals surface area (Å²) in [5.41, 5.74) is -6.86.